The van der Waals surface area contributed by atoms with Crippen LogP contribution < -0.4 is 25.4 Å². The number of methoxy groups -OCH3 is 1. The van der Waals surface area contributed by atoms with Gasteiger partial charge in [0.25, 0.3) is 17.7 Å². The summed E-state index contributed by atoms with van der Waals surface area (Å²) in [5.41, 5.74) is 0.823. The molecule has 2 aromatic carbocycles. The lowest BCUT2D eigenvalue weighted by atomic mass is 10.1. The molecule has 1 saturated heterocycles. The van der Waals surface area contributed by atoms with E-state index in [-0.39, 0.29) is 23.0 Å². The van der Waals surface area contributed by atoms with E-state index < -0.39 is 23.5 Å². The van der Waals surface area contributed by atoms with Crippen molar-refractivity contribution in [3.63, 3.8) is 0 Å². The molecule has 1 aliphatic rings. The number of ether oxygens (including phenoxy) is 2. The summed E-state index contributed by atoms with van der Waals surface area (Å²) in [6, 6.07) is 10.0. The van der Waals surface area contributed by atoms with E-state index in [1.54, 1.807) is 18.2 Å². The number of benzene rings is 2. The van der Waals surface area contributed by atoms with Crippen LogP contribution in [0.2, 0.25) is 0 Å². The maximum atomic E-state index is 12.9. The first-order valence-electron chi connectivity index (χ1n) is 8.60. The molecule has 0 unspecified atom stereocenters. The van der Waals surface area contributed by atoms with Gasteiger partial charge in [0, 0.05) is 5.69 Å². The highest BCUT2D eigenvalue weighted by Gasteiger charge is 2.25. The van der Waals surface area contributed by atoms with E-state index >= 15 is 0 Å². The van der Waals surface area contributed by atoms with Gasteiger partial charge in [-0.05, 0) is 60.3 Å². The number of rotatable bonds is 6. The molecule has 0 spiro atoms. The van der Waals surface area contributed by atoms with Gasteiger partial charge in [-0.3, -0.25) is 25.0 Å². The van der Waals surface area contributed by atoms with Gasteiger partial charge in [0.05, 0.1) is 7.11 Å². The minimum Gasteiger partial charge on any atom is -0.493 e. The molecule has 3 N–H and O–H groups in total. The van der Waals surface area contributed by atoms with Gasteiger partial charge in [0.2, 0.25) is 0 Å². The molecule has 1 heterocycles. The molecular formula is C20H16FN3O5S. The van der Waals surface area contributed by atoms with E-state index in [2.05, 4.69) is 16.0 Å². The highest BCUT2D eigenvalue weighted by molar-refractivity contribution is 7.80. The molecule has 0 aromatic heterocycles. The van der Waals surface area contributed by atoms with Crippen molar-refractivity contribution >= 4 is 46.8 Å². The Hall–Kier alpha value is -3.79. The number of carbonyl (C=O) groups is 3. The second kappa shape index (κ2) is 9.14. The number of nitrogens with one attached hydrogen (secondary N) is 3. The third-order valence-corrected chi connectivity index (χ3v) is 4.13. The monoisotopic (exact) mass is 429 g/mol. The summed E-state index contributed by atoms with van der Waals surface area (Å²) in [7, 11) is 1.41. The summed E-state index contributed by atoms with van der Waals surface area (Å²) in [4.78, 5) is 35.9. The van der Waals surface area contributed by atoms with Crippen molar-refractivity contribution < 1.29 is 28.2 Å². The summed E-state index contributed by atoms with van der Waals surface area (Å²) in [6.07, 6.45) is 1.37. The van der Waals surface area contributed by atoms with Crippen LogP contribution in [0.3, 0.4) is 0 Å². The standard InChI is InChI=1S/C20H16FN3O5S/c1-28-16-9-11(8-14-18(26)23-20(30)24-19(14)27)2-7-15(16)29-10-17(25)22-13-5-3-12(21)4-6-13/h2-9H,10H2,1H3,(H,22,25)(H2,23,24,26,27,30). The molecule has 30 heavy (non-hydrogen) atoms. The predicted molar refractivity (Wildman–Crippen MR) is 110 cm³/mol. The number of halogens is 1. The Morgan fingerprint density at radius 1 is 1.10 bits per heavy atom. The lowest BCUT2D eigenvalue weighted by molar-refractivity contribution is -0.123. The first-order chi connectivity index (χ1) is 14.4. The molecule has 0 bridgehead atoms. The molecule has 8 nitrogen and oxygen atoms in total. The van der Waals surface area contributed by atoms with Gasteiger partial charge in [-0.25, -0.2) is 4.39 Å². The van der Waals surface area contributed by atoms with Crippen LogP contribution in [0.4, 0.5) is 10.1 Å². The molecule has 154 valence electrons. The Labute approximate surface area is 176 Å². The van der Waals surface area contributed by atoms with Gasteiger partial charge in [0.1, 0.15) is 11.4 Å². The third kappa shape index (κ3) is 5.17. The topological polar surface area (TPSA) is 106 Å². The van der Waals surface area contributed by atoms with Gasteiger partial charge in [0.15, 0.2) is 23.2 Å². The lowest BCUT2D eigenvalue weighted by Gasteiger charge is -2.16. The van der Waals surface area contributed by atoms with E-state index in [0.29, 0.717) is 17.0 Å². The largest absolute Gasteiger partial charge is 0.493 e. The Kier molecular flexibility index (Phi) is 6.38. The second-order valence-corrected chi connectivity index (χ2v) is 6.46. The van der Waals surface area contributed by atoms with Crippen LogP contribution in [0.25, 0.3) is 6.08 Å². The zero-order valence-corrected chi connectivity index (χ0v) is 16.5. The van der Waals surface area contributed by atoms with Crippen molar-refractivity contribution in [1.82, 2.24) is 10.6 Å². The molecule has 1 fully saturated rings. The maximum Gasteiger partial charge on any atom is 0.263 e. The summed E-state index contributed by atoms with van der Waals surface area (Å²) >= 11 is 4.75. The fourth-order valence-corrected chi connectivity index (χ4v) is 2.73. The molecular weight excluding hydrogens is 413 g/mol. The minimum absolute atomic E-state index is 0.0533. The lowest BCUT2D eigenvalue weighted by Crippen LogP contribution is -2.51. The fraction of sp³-hybridized carbons (Fsp3) is 0.100. The molecule has 3 rings (SSSR count). The molecule has 0 saturated carbocycles. The van der Waals surface area contributed by atoms with Crippen LogP contribution >= 0.6 is 12.2 Å². The van der Waals surface area contributed by atoms with E-state index in [0.717, 1.165) is 0 Å². The summed E-state index contributed by atoms with van der Waals surface area (Å²) in [6.45, 7) is -0.309. The minimum atomic E-state index is -0.611. The third-order valence-electron chi connectivity index (χ3n) is 3.93. The molecule has 1 aliphatic heterocycles. The van der Waals surface area contributed by atoms with Crippen molar-refractivity contribution in [1.29, 1.82) is 0 Å². The molecule has 2 aromatic rings. The van der Waals surface area contributed by atoms with E-state index in [4.69, 9.17) is 21.7 Å². The number of hydrogen-bond acceptors (Lipinski definition) is 6. The Bertz CT molecular complexity index is 1030. The average Bonchev–Trinajstić information content (AvgIpc) is 2.71. The van der Waals surface area contributed by atoms with E-state index in [1.807, 2.05) is 0 Å². The number of thiocarbonyl (C=S) groups is 1. The van der Waals surface area contributed by atoms with Crippen molar-refractivity contribution in [2.45, 2.75) is 0 Å². The van der Waals surface area contributed by atoms with Crippen molar-refractivity contribution in [3.8, 4) is 11.5 Å². The highest BCUT2D eigenvalue weighted by atomic mass is 32.1. The first-order valence-corrected chi connectivity index (χ1v) is 9.01. The number of carbonyl (C=O) groups excluding carboxylic acids is 3. The van der Waals surface area contributed by atoms with Gasteiger partial charge in [-0.1, -0.05) is 6.07 Å². The molecule has 0 aliphatic carbocycles. The fourth-order valence-electron chi connectivity index (χ4n) is 2.54. The Balaban J connectivity index is 1.68. The quantitative estimate of drug-likeness (QED) is 0.367. The predicted octanol–water partition coefficient (Wildman–Crippen LogP) is 1.77. The zero-order chi connectivity index (χ0) is 21.7. The van der Waals surface area contributed by atoms with Crippen molar-refractivity contribution in [2.24, 2.45) is 0 Å². The SMILES string of the molecule is COc1cc(C=C2C(=O)NC(=S)NC2=O)ccc1OCC(=O)Nc1ccc(F)cc1. The molecule has 0 radical (unpaired) electrons. The highest BCUT2D eigenvalue weighted by Crippen LogP contribution is 2.29. The smallest absolute Gasteiger partial charge is 0.263 e. The number of hydrogen-bond donors (Lipinski definition) is 3. The maximum absolute atomic E-state index is 12.9. The van der Waals surface area contributed by atoms with Crippen LogP contribution in [0.5, 0.6) is 11.5 Å². The van der Waals surface area contributed by atoms with Crippen LogP contribution in [0, 0.1) is 5.82 Å². The van der Waals surface area contributed by atoms with Crippen LogP contribution in [-0.4, -0.2) is 36.6 Å². The Morgan fingerprint density at radius 2 is 1.77 bits per heavy atom. The number of anilines is 1. The van der Waals surface area contributed by atoms with Crippen LogP contribution in [0.1, 0.15) is 5.56 Å². The first kappa shape index (κ1) is 20.9. The van der Waals surface area contributed by atoms with Gasteiger partial charge in [-0.15, -0.1) is 0 Å². The molecule has 0 atom stereocenters. The molecule has 3 amide bonds. The number of amides is 3. The summed E-state index contributed by atoms with van der Waals surface area (Å²) in [5, 5.41) is 7.22. The van der Waals surface area contributed by atoms with Crippen LogP contribution in [0.15, 0.2) is 48.0 Å². The normalized spacial score (nSPS) is 13.3. The molecule has 10 heteroatoms. The Morgan fingerprint density at radius 3 is 2.40 bits per heavy atom. The second-order valence-electron chi connectivity index (χ2n) is 6.05. The zero-order valence-electron chi connectivity index (χ0n) is 15.7. The average molecular weight is 429 g/mol. The summed E-state index contributed by atoms with van der Waals surface area (Å²) < 4.78 is 23.7. The van der Waals surface area contributed by atoms with Crippen molar-refractivity contribution in [3.05, 3.63) is 59.4 Å². The van der Waals surface area contributed by atoms with E-state index in [1.165, 1.54) is 37.5 Å². The van der Waals surface area contributed by atoms with Crippen LogP contribution in [-0.2, 0) is 14.4 Å². The summed E-state index contributed by atoms with van der Waals surface area (Å²) in [5.74, 6) is -1.49. The van der Waals surface area contributed by atoms with E-state index in [9.17, 15) is 18.8 Å². The van der Waals surface area contributed by atoms with Gasteiger partial charge < -0.3 is 14.8 Å². The van der Waals surface area contributed by atoms with Crippen molar-refractivity contribution in [2.75, 3.05) is 19.0 Å². The van der Waals surface area contributed by atoms with Gasteiger partial charge >= 0.3 is 0 Å². The van der Waals surface area contributed by atoms with Gasteiger partial charge in [-0.2, -0.15) is 0 Å².